The van der Waals surface area contributed by atoms with E-state index in [1.807, 2.05) is 0 Å². The number of nitrogens with one attached hydrogen (secondary N) is 1. The van der Waals surface area contributed by atoms with Crippen molar-refractivity contribution in [1.82, 2.24) is 10.2 Å². The smallest absolute Gasteiger partial charge is 0.0519 e. The summed E-state index contributed by atoms with van der Waals surface area (Å²) in [5.74, 6) is 0. The van der Waals surface area contributed by atoms with Gasteiger partial charge in [0.15, 0.2) is 0 Å². The van der Waals surface area contributed by atoms with Gasteiger partial charge in [0.1, 0.15) is 0 Å². The van der Waals surface area contributed by atoms with Crippen molar-refractivity contribution in [2.45, 2.75) is 6.42 Å². The first kappa shape index (κ1) is 6.64. The SMILES string of the molecule is [N-]=[N+]=NCCc1cn[nH]c1. The fourth-order valence-corrected chi connectivity index (χ4v) is 0.638. The Balaban J connectivity index is 2.34. The minimum absolute atomic E-state index is 0.496. The molecule has 1 rings (SSSR count). The minimum atomic E-state index is 0.496. The van der Waals surface area contributed by atoms with Gasteiger partial charge in [-0.25, -0.2) is 0 Å². The summed E-state index contributed by atoms with van der Waals surface area (Å²) in [6, 6.07) is 0. The van der Waals surface area contributed by atoms with Crippen LogP contribution in [-0.4, -0.2) is 16.7 Å². The number of nitrogens with zero attached hydrogens (tertiary/aromatic N) is 4. The lowest BCUT2D eigenvalue weighted by Crippen LogP contribution is -1.83. The lowest BCUT2D eigenvalue weighted by atomic mass is 10.3. The molecule has 0 saturated carbocycles. The summed E-state index contributed by atoms with van der Waals surface area (Å²) >= 11 is 0. The van der Waals surface area contributed by atoms with Gasteiger partial charge in [0.25, 0.3) is 0 Å². The van der Waals surface area contributed by atoms with Crippen molar-refractivity contribution in [2.75, 3.05) is 6.54 Å². The number of hydrogen-bond donors (Lipinski definition) is 1. The van der Waals surface area contributed by atoms with Gasteiger partial charge < -0.3 is 0 Å². The molecule has 1 aromatic rings. The molecular weight excluding hydrogens is 130 g/mol. The molecule has 0 unspecified atom stereocenters. The molecule has 1 heterocycles. The maximum atomic E-state index is 7.93. The molecular formula is C5H7N5. The Hall–Kier alpha value is -1.48. The Kier molecular flexibility index (Phi) is 2.34. The Bertz CT molecular complexity index is 220. The Morgan fingerprint density at radius 1 is 1.80 bits per heavy atom. The third kappa shape index (κ3) is 1.80. The molecule has 52 valence electrons. The quantitative estimate of drug-likeness (QED) is 0.380. The number of hydrogen-bond acceptors (Lipinski definition) is 2. The highest BCUT2D eigenvalue weighted by atomic mass is 15.1. The summed E-state index contributed by atoms with van der Waals surface area (Å²) in [7, 11) is 0. The first-order valence-corrected chi connectivity index (χ1v) is 2.92. The number of aromatic amines is 1. The van der Waals surface area contributed by atoms with Crippen LogP contribution in [0, 0.1) is 0 Å². The van der Waals surface area contributed by atoms with E-state index in [4.69, 9.17) is 5.53 Å². The second-order valence-corrected chi connectivity index (χ2v) is 1.81. The topological polar surface area (TPSA) is 77.4 Å². The summed E-state index contributed by atoms with van der Waals surface area (Å²) in [6.07, 6.45) is 4.25. The van der Waals surface area contributed by atoms with Gasteiger partial charge in [-0.15, -0.1) is 0 Å². The van der Waals surface area contributed by atoms with E-state index >= 15 is 0 Å². The van der Waals surface area contributed by atoms with Crippen molar-refractivity contribution in [3.63, 3.8) is 0 Å². The van der Waals surface area contributed by atoms with E-state index in [2.05, 4.69) is 20.2 Å². The van der Waals surface area contributed by atoms with Crippen LogP contribution in [-0.2, 0) is 6.42 Å². The van der Waals surface area contributed by atoms with Crippen molar-refractivity contribution < 1.29 is 0 Å². The Morgan fingerprint density at radius 2 is 2.70 bits per heavy atom. The van der Waals surface area contributed by atoms with E-state index in [1.165, 1.54) is 0 Å². The van der Waals surface area contributed by atoms with Crippen LogP contribution in [0.4, 0.5) is 0 Å². The summed E-state index contributed by atoms with van der Waals surface area (Å²) in [6.45, 7) is 0.496. The maximum Gasteiger partial charge on any atom is 0.0519 e. The summed E-state index contributed by atoms with van der Waals surface area (Å²) in [5.41, 5.74) is 8.99. The molecule has 5 heteroatoms. The standard InChI is InChI=1S/C5H7N5/c6-10-7-2-1-5-3-8-9-4-5/h3-4H,1-2H2,(H,8,9). The lowest BCUT2D eigenvalue weighted by molar-refractivity contribution is 0.957. The van der Waals surface area contributed by atoms with Gasteiger partial charge in [-0.3, -0.25) is 5.10 Å². The second-order valence-electron chi connectivity index (χ2n) is 1.81. The highest BCUT2D eigenvalue weighted by molar-refractivity contribution is 5.02. The van der Waals surface area contributed by atoms with Crippen molar-refractivity contribution in [1.29, 1.82) is 0 Å². The molecule has 0 bridgehead atoms. The van der Waals surface area contributed by atoms with E-state index in [1.54, 1.807) is 12.4 Å². The number of aromatic nitrogens is 2. The average molecular weight is 137 g/mol. The first-order chi connectivity index (χ1) is 4.93. The average Bonchev–Trinajstić information content (AvgIpc) is 2.41. The van der Waals surface area contributed by atoms with Gasteiger partial charge in [-0.1, -0.05) is 5.11 Å². The zero-order valence-electron chi connectivity index (χ0n) is 5.36. The van der Waals surface area contributed by atoms with E-state index in [0.29, 0.717) is 6.54 Å². The Morgan fingerprint density at radius 3 is 3.30 bits per heavy atom. The highest BCUT2D eigenvalue weighted by Gasteiger charge is 1.89. The summed E-state index contributed by atoms with van der Waals surface area (Å²) < 4.78 is 0. The Labute approximate surface area is 57.7 Å². The van der Waals surface area contributed by atoms with Crippen molar-refractivity contribution in [3.8, 4) is 0 Å². The second kappa shape index (κ2) is 3.53. The van der Waals surface area contributed by atoms with Gasteiger partial charge in [-0.2, -0.15) is 5.10 Å². The third-order valence-electron chi connectivity index (χ3n) is 1.12. The largest absolute Gasteiger partial charge is 0.285 e. The number of azide groups is 1. The van der Waals surface area contributed by atoms with E-state index in [9.17, 15) is 0 Å². The van der Waals surface area contributed by atoms with Crippen molar-refractivity contribution >= 4 is 0 Å². The van der Waals surface area contributed by atoms with Crippen LogP contribution in [0.3, 0.4) is 0 Å². The number of H-pyrrole nitrogens is 1. The van der Waals surface area contributed by atoms with Crippen LogP contribution < -0.4 is 0 Å². The molecule has 10 heavy (non-hydrogen) atoms. The van der Waals surface area contributed by atoms with Crippen LogP contribution in [0.15, 0.2) is 17.5 Å². The van der Waals surface area contributed by atoms with Crippen LogP contribution in [0.25, 0.3) is 10.4 Å². The van der Waals surface area contributed by atoms with Crippen LogP contribution in [0.1, 0.15) is 5.56 Å². The van der Waals surface area contributed by atoms with Crippen LogP contribution >= 0.6 is 0 Å². The van der Waals surface area contributed by atoms with Gasteiger partial charge in [0.05, 0.1) is 6.20 Å². The van der Waals surface area contributed by atoms with Gasteiger partial charge in [-0.05, 0) is 17.5 Å². The zero-order chi connectivity index (χ0) is 7.23. The molecule has 0 aliphatic rings. The van der Waals surface area contributed by atoms with Crippen molar-refractivity contribution in [2.24, 2.45) is 5.11 Å². The molecule has 1 aromatic heterocycles. The highest BCUT2D eigenvalue weighted by Crippen LogP contribution is 1.94. The molecule has 0 spiro atoms. The lowest BCUT2D eigenvalue weighted by Gasteiger charge is -1.85. The predicted octanol–water partition coefficient (Wildman–Crippen LogP) is 1.26. The van der Waals surface area contributed by atoms with E-state index in [-0.39, 0.29) is 0 Å². The molecule has 0 radical (unpaired) electrons. The molecule has 0 amide bonds. The van der Waals surface area contributed by atoms with Gasteiger partial charge >= 0.3 is 0 Å². The summed E-state index contributed by atoms with van der Waals surface area (Å²) in [4.78, 5) is 2.63. The number of rotatable bonds is 3. The molecule has 0 atom stereocenters. The van der Waals surface area contributed by atoms with E-state index in [0.717, 1.165) is 12.0 Å². The summed E-state index contributed by atoms with van der Waals surface area (Å²) in [5, 5.41) is 9.80. The van der Waals surface area contributed by atoms with Crippen molar-refractivity contribution in [3.05, 3.63) is 28.4 Å². The predicted molar refractivity (Wildman–Crippen MR) is 36.3 cm³/mol. The zero-order valence-corrected chi connectivity index (χ0v) is 5.36. The molecule has 0 saturated heterocycles. The van der Waals surface area contributed by atoms with Gasteiger partial charge in [0.2, 0.25) is 0 Å². The van der Waals surface area contributed by atoms with Gasteiger partial charge in [0, 0.05) is 17.7 Å². The minimum Gasteiger partial charge on any atom is -0.285 e. The molecule has 0 aliphatic heterocycles. The molecule has 5 nitrogen and oxygen atoms in total. The fourth-order valence-electron chi connectivity index (χ4n) is 0.638. The monoisotopic (exact) mass is 137 g/mol. The third-order valence-corrected chi connectivity index (χ3v) is 1.12. The molecule has 0 aromatic carbocycles. The first-order valence-electron chi connectivity index (χ1n) is 2.92. The molecule has 0 fully saturated rings. The fraction of sp³-hybridized carbons (Fsp3) is 0.400. The maximum absolute atomic E-state index is 7.93. The normalized spacial score (nSPS) is 8.80. The van der Waals surface area contributed by atoms with Crippen LogP contribution in [0.2, 0.25) is 0 Å². The van der Waals surface area contributed by atoms with Crippen LogP contribution in [0.5, 0.6) is 0 Å². The molecule has 0 aliphatic carbocycles. The van der Waals surface area contributed by atoms with E-state index < -0.39 is 0 Å². The molecule has 1 N–H and O–H groups in total.